The van der Waals surface area contributed by atoms with Crippen LogP contribution >= 0.6 is 0 Å². The Kier molecular flexibility index (Phi) is 4.84. The lowest BCUT2D eigenvalue weighted by Gasteiger charge is -2.11. The van der Waals surface area contributed by atoms with Crippen molar-refractivity contribution in [3.63, 3.8) is 0 Å². The topological polar surface area (TPSA) is 69.0 Å². The smallest absolute Gasteiger partial charge is 0.277 e. The summed E-state index contributed by atoms with van der Waals surface area (Å²) in [6.45, 7) is 2.01. The van der Waals surface area contributed by atoms with Crippen molar-refractivity contribution in [1.82, 2.24) is 15.0 Å². The van der Waals surface area contributed by atoms with Gasteiger partial charge in [-0.15, -0.1) is 5.10 Å². The van der Waals surface area contributed by atoms with Crippen LogP contribution in [0.5, 0.6) is 11.5 Å². The molecule has 0 aliphatic carbocycles. The Bertz CT molecular complexity index is 1090. The van der Waals surface area contributed by atoms with Crippen molar-refractivity contribution >= 4 is 11.6 Å². The number of aromatic nitrogens is 3. The van der Waals surface area contributed by atoms with E-state index in [1.54, 1.807) is 23.0 Å². The molecule has 0 unspecified atom stereocenters. The molecule has 4 aromatic rings. The Balaban J connectivity index is 1.52. The SMILES string of the molecule is Cc1ccc(Oc2ccccc2NC(=O)c2cn(-c3ccccc3)nn2)cc1. The van der Waals surface area contributed by atoms with Gasteiger partial charge >= 0.3 is 0 Å². The van der Waals surface area contributed by atoms with Crippen molar-refractivity contribution in [1.29, 1.82) is 0 Å². The summed E-state index contributed by atoms with van der Waals surface area (Å²) in [6.07, 6.45) is 1.59. The summed E-state index contributed by atoms with van der Waals surface area (Å²) >= 11 is 0. The second-order valence-corrected chi connectivity index (χ2v) is 6.25. The van der Waals surface area contributed by atoms with E-state index in [0.717, 1.165) is 11.3 Å². The molecule has 4 rings (SSSR count). The van der Waals surface area contributed by atoms with E-state index in [0.29, 0.717) is 17.2 Å². The molecule has 3 aromatic carbocycles. The van der Waals surface area contributed by atoms with Crippen LogP contribution in [0.3, 0.4) is 0 Å². The summed E-state index contributed by atoms with van der Waals surface area (Å²) in [5.41, 5.74) is 2.75. The van der Waals surface area contributed by atoms with Gasteiger partial charge in [0.15, 0.2) is 11.4 Å². The number of hydrogen-bond acceptors (Lipinski definition) is 4. The third kappa shape index (κ3) is 3.91. The zero-order valence-electron chi connectivity index (χ0n) is 15.2. The molecule has 0 aliphatic rings. The molecule has 0 aliphatic heterocycles. The van der Waals surface area contributed by atoms with Crippen LogP contribution in [0.25, 0.3) is 5.69 Å². The summed E-state index contributed by atoms with van der Waals surface area (Å²) in [5.74, 6) is 0.889. The van der Waals surface area contributed by atoms with Crippen LogP contribution in [-0.2, 0) is 0 Å². The van der Waals surface area contributed by atoms with Crippen LogP contribution in [0, 0.1) is 6.92 Å². The van der Waals surface area contributed by atoms with Crippen molar-refractivity contribution in [3.05, 3.63) is 96.3 Å². The number of anilines is 1. The molecule has 1 aromatic heterocycles. The molecule has 0 bridgehead atoms. The number of carbonyl (C=O) groups is 1. The number of carbonyl (C=O) groups excluding carboxylic acids is 1. The van der Waals surface area contributed by atoms with Crippen LogP contribution in [-0.4, -0.2) is 20.9 Å². The van der Waals surface area contributed by atoms with Gasteiger partial charge < -0.3 is 10.1 Å². The molecule has 0 radical (unpaired) electrons. The number of rotatable bonds is 5. The lowest BCUT2D eigenvalue weighted by Crippen LogP contribution is -2.13. The molecular formula is C22H18N4O2. The molecule has 1 N–H and O–H groups in total. The van der Waals surface area contributed by atoms with Gasteiger partial charge in [-0.25, -0.2) is 4.68 Å². The minimum Gasteiger partial charge on any atom is -0.455 e. The number of benzene rings is 3. The zero-order chi connectivity index (χ0) is 19.3. The first-order valence-corrected chi connectivity index (χ1v) is 8.82. The summed E-state index contributed by atoms with van der Waals surface area (Å²) in [4.78, 5) is 12.6. The van der Waals surface area contributed by atoms with Gasteiger partial charge in [-0.3, -0.25) is 4.79 Å². The molecule has 0 fully saturated rings. The molecule has 0 saturated carbocycles. The number of hydrogen-bond donors (Lipinski definition) is 1. The fourth-order valence-corrected chi connectivity index (χ4v) is 2.65. The van der Waals surface area contributed by atoms with Gasteiger partial charge in [0.05, 0.1) is 17.6 Å². The van der Waals surface area contributed by atoms with Gasteiger partial charge in [0, 0.05) is 0 Å². The fourth-order valence-electron chi connectivity index (χ4n) is 2.65. The average molecular weight is 370 g/mol. The van der Waals surface area contributed by atoms with E-state index in [-0.39, 0.29) is 11.6 Å². The maximum atomic E-state index is 12.6. The Labute approximate surface area is 162 Å². The number of aryl methyl sites for hydroxylation is 1. The third-order valence-corrected chi connectivity index (χ3v) is 4.13. The van der Waals surface area contributed by atoms with Crippen molar-refractivity contribution in [2.45, 2.75) is 6.92 Å². The third-order valence-electron chi connectivity index (χ3n) is 4.13. The lowest BCUT2D eigenvalue weighted by atomic mass is 10.2. The van der Waals surface area contributed by atoms with Gasteiger partial charge in [0.25, 0.3) is 5.91 Å². The quantitative estimate of drug-likeness (QED) is 0.556. The van der Waals surface area contributed by atoms with Gasteiger partial charge in [0.2, 0.25) is 0 Å². The standard InChI is InChI=1S/C22H18N4O2/c1-16-11-13-18(14-12-16)28-21-10-6-5-9-19(21)23-22(27)20-15-26(25-24-20)17-7-3-2-4-8-17/h2-15H,1H3,(H,23,27). The number of para-hydroxylation sites is 3. The van der Waals surface area contributed by atoms with Crippen LogP contribution in [0.4, 0.5) is 5.69 Å². The van der Waals surface area contributed by atoms with Gasteiger partial charge in [-0.1, -0.05) is 53.2 Å². The largest absolute Gasteiger partial charge is 0.455 e. The normalized spacial score (nSPS) is 10.5. The summed E-state index contributed by atoms with van der Waals surface area (Å²) in [5, 5.41) is 10.8. The number of nitrogens with zero attached hydrogens (tertiary/aromatic N) is 3. The maximum Gasteiger partial charge on any atom is 0.277 e. The first-order valence-electron chi connectivity index (χ1n) is 8.82. The number of amides is 1. The molecule has 1 amide bonds. The number of ether oxygens (including phenoxy) is 1. The molecule has 6 nitrogen and oxygen atoms in total. The van der Waals surface area contributed by atoms with E-state index in [2.05, 4.69) is 15.6 Å². The lowest BCUT2D eigenvalue weighted by molar-refractivity contribution is 0.102. The van der Waals surface area contributed by atoms with E-state index >= 15 is 0 Å². The molecule has 0 saturated heterocycles. The van der Waals surface area contributed by atoms with E-state index in [1.807, 2.05) is 73.7 Å². The van der Waals surface area contributed by atoms with E-state index in [4.69, 9.17) is 4.74 Å². The molecule has 0 spiro atoms. The van der Waals surface area contributed by atoms with E-state index in [9.17, 15) is 4.79 Å². The molecule has 0 atom stereocenters. The minimum absolute atomic E-state index is 0.217. The first-order chi connectivity index (χ1) is 13.7. The predicted molar refractivity (Wildman–Crippen MR) is 107 cm³/mol. The Hall–Kier alpha value is -3.93. The highest BCUT2D eigenvalue weighted by molar-refractivity contribution is 6.03. The van der Waals surface area contributed by atoms with Crippen LogP contribution in [0.2, 0.25) is 0 Å². The highest BCUT2D eigenvalue weighted by atomic mass is 16.5. The van der Waals surface area contributed by atoms with E-state index < -0.39 is 0 Å². The molecule has 1 heterocycles. The van der Waals surface area contributed by atoms with Crippen LogP contribution in [0.15, 0.2) is 85.1 Å². The van der Waals surface area contributed by atoms with Crippen molar-refractivity contribution in [3.8, 4) is 17.2 Å². The monoisotopic (exact) mass is 370 g/mol. The highest BCUT2D eigenvalue weighted by Gasteiger charge is 2.14. The average Bonchev–Trinajstić information content (AvgIpc) is 3.22. The van der Waals surface area contributed by atoms with Crippen molar-refractivity contribution in [2.24, 2.45) is 0 Å². The second-order valence-electron chi connectivity index (χ2n) is 6.25. The predicted octanol–water partition coefficient (Wildman–Crippen LogP) is 4.62. The Morgan fingerprint density at radius 2 is 1.64 bits per heavy atom. The molecule has 28 heavy (non-hydrogen) atoms. The Morgan fingerprint density at radius 1 is 0.929 bits per heavy atom. The number of nitrogens with one attached hydrogen (secondary N) is 1. The minimum atomic E-state index is -0.359. The van der Waals surface area contributed by atoms with Crippen molar-refractivity contribution in [2.75, 3.05) is 5.32 Å². The van der Waals surface area contributed by atoms with Gasteiger partial charge in [0.1, 0.15) is 5.75 Å². The molecule has 138 valence electrons. The van der Waals surface area contributed by atoms with Crippen LogP contribution < -0.4 is 10.1 Å². The fraction of sp³-hybridized carbons (Fsp3) is 0.0455. The first kappa shape index (κ1) is 17.5. The summed E-state index contributed by atoms with van der Waals surface area (Å²) < 4.78 is 7.48. The summed E-state index contributed by atoms with van der Waals surface area (Å²) in [7, 11) is 0. The summed E-state index contributed by atoms with van der Waals surface area (Å²) in [6, 6.07) is 24.5. The van der Waals surface area contributed by atoms with Crippen molar-refractivity contribution < 1.29 is 9.53 Å². The van der Waals surface area contributed by atoms with Crippen LogP contribution in [0.1, 0.15) is 16.1 Å². The highest BCUT2D eigenvalue weighted by Crippen LogP contribution is 2.29. The Morgan fingerprint density at radius 3 is 2.43 bits per heavy atom. The van der Waals surface area contributed by atoms with E-state index in [1.165, 1.54) is 0 Å². The maximum absolute atomic E-state index is 12.6. The second kappa shape index (κ2) is 7.75. The molecular weight excluding hydrogens is 352 g/mol. The van der Waals surface area contributed by atoms with Gasteiger partial charge in [-0.05, 0) is 43.3 Å². The van der Waals surface area contributed by atoms with Gasteiger partial charge in [-0.2, -0.15) is 0 Å². The molecule has 6 heteroatoms. The zero-order valence-corrected chi connectivity index (χ0v) is 15.2.